The molecule has 3 heteroatoms. The molecule has 0 spiro atoms. The van der Waals surface area contributed by atoms with Gasteiger partial charge in [0.1, 0.15) is 0 Å². The Morgan fingerprint density at radius 1 is 1.31 bits per heavy atom. The highest BCUT2D eigenvalue weighted by molar-refractivity contribution is 4.77. The summed E-state index contributed by atoms with van der Waals surface area (Å²) in [5.74, 6) is 0. The summed E-state index contributed by atoms with van der Waals surface area (Å²) in [7, 11) is 0. The van der Waals surface area contributed by atoms with Crippen molar-refractivity contribution >= 4 is 0 Å². The van der Waals surface area contributed by atoms with Gasteiger partial charge in [-0.15, -0.1) is 0 Å². The van der Waals surface area contributed by atoms with Crippen molar-refractivity contribution in [1.82, 2.24) is 10.2 Å². The Balaban J connectivity index is 4.14. The Morgan fingerprint density at radius 3 is 2.38 bits per heavy atom. The maximum Gasteiger partial charge on any atom is 0.0443 e. The predicted octanol–water partition coefficient (Wildman–Crippen LogP) is 1.71. The van der Waals surface area contributed by atoms with E-state index < -0.39 is 0 Å². The third-order valence-electron chi connectivity index (χ3n) is 2.82. The number of hydrogen-bond acceptors (Lipinski definition) is 3. The molecule has 0 unspecified atom stereocenters. The molecule has 0 atom stereocenters. The first kappa shape index (κ1) is 15.9. The zero-order valence-corrected chi connectivity index (χ0v) is 11.7. The maximum atomic E-state index is 8.90. The molecule has 0 saturated carbocycles. The molecule has 0 aromatic rings. The lowest BCUT2D eigenvalue weighted by Crippen LogP contribution is -2.43. The van der Waals surface area contributed by atoms with E-state index in [1.165, 1.54) is 0 Å². The largest absolute Gasteiger partial charge is 0.396 e. The topological polar surface area (TPSA) is 35.5 Å². The zero-order valence-electron chi connectivity index (χ0n) is 11.7. The smallest absolute Gasteiger partial charge is 0.0443 e. The maximum absolute atomic E-state index is 8.90. The Bertz CT molecular complexity index is 169. The first-order chi connectivity index (χ1) is 7.43. The number of aliphatic hydroxyl groups is 1. The first-order valence-electron chi connectivity index (χ1n) is 6.48. The summed E-state index contributed by atoms with van der Waals surface area (Å²) in [4.78, 5) is 2.45. The molecule has 0 rings (SSSR count). The van der Waals surface area contributed by atoms with E-state index in [1.54, 1.807) is 0 Å². The van der Waals surface area contributed by atoms with Gasteiger partial charge >= 0.3 is 0 Å². The van der Waals surface area contributed by atoms with Crippen LogP contribution in [0.15, 0.2) is 0 Å². The van der Waals surface area contributed by atoms with Crippen molar-refractivity contribution < 1.29 is 5.11 Å². The van der Waals surface area contributed by atoms with Crippen LogP contribution in [-0.2, 0) is 0 Å². The van der Waals surface area contributed by atoms with Crippen molar-refractivity contribution in [2.75, 3.05) is 32.8 Å². The second kappa shape index (κ2) is 8.04. The van der Waals surface area contributed by atoms with Crippen LogP contribution in [-0.4, -0.2) is 48.8 Å². The number of nitrogens with one attached hydrogen (secondary N) is 1. The molecule has 0 heterocycles. The third kappa shape index (κ3) is 7.20. The molecule has 0 aliphatic heterocycles. The molecule has 0 aliphatic rings. The van der Waals surface area contributed by atoms with Crippen LogP contribution in [0.5, 0.6) is 0 Å². The molecule has 3 nitrogen and oxygen atoms in total. The monoisotopic (exact) mass is 230 g/mol. The second-order valence-corrected chi connectivity index (χ2v) is 5.59. The summed E-state index contributed by atoms with van der Waals surface area (Å²) in [6, 6.07) is 0.549. The van der Waals surface area contributed by atoms with Crippen molar-refractivity contribution in [2.45, 2.75) is 47.1 Å². The zero-order chi connectivity index (χ0) is 12.6. The lowest BCUT2D eigenvalue weighted by atomic mass is 9.92. The van der Waals surface area contributed by atoms with Gasteiger partial charge in [-0.2, -0.15) is 0 Å². The molecule has 2 N–H and O–H groups in total. The molecular formula is C13H30N2O. The van der Waals surface area contributed by atoms with Crippen molar-refractivity contribution in [2.24, 2.45) is 5.41 Å². The highest BCUT2D eigenvalue weighted by Gasteiger charge is 2.22. The van der Waals surface area contributed by atoms with Crippen LogP contribution in [0.25, 0.3) is 0 Å². The van der Waals surface area contributed by atoms with Crippen LogP contribution in [0.4, 0.5) is 0 Å². The minimum atomic E-state index is 0.287. The van der Waals surface area contributed by atoms with Gasteiger partial charge in [-0.3, -0.25) is 0 Å². The quantitative estimate of drug-likeness (QED) is 0.633. The molecule has 0 fully saturated rings. The van der Waals surface area contributed by atoms with Gasteiger partial charge in [-0.25, -0.2) is 0 Å². The average Bonchev–Trinajstić information content (AvgIpc) is 2.21. The van der Waals surface area contributed by atoms with E-state index in [1.807, 2.05) is 0 Å². The predicted molar refractivity (Wildman–Crippen MR) is 70.7 cm³/mol. The van der Waals surface area contributed by atoms with Crippen molar-refractivity contribution in [3.05, 3.63) is 0 Å². The summed E-state index contributed by atoms with van der Waals surface area (Å²) < 4.78 is 0. The summed E-state index contributed by atoms with van der Waals surface area (Å²) in [5.41, 5.74) is 0.287. The number of hydrogen-bond donors (Lipinski definition) is 2. The third-order valence-corrected chi connectivity index (χ3v) is 2.82. The number of rotatable bonds is 9. The molecule has 0 saturated heterocycles. The minimum Gasteiger partial charge on any atom is -0.396 e. The molecule has 0 aromatic heterocycles. The summed E-state index contributed by atoms with van der Waals surface area (Å²) in [5, 5.41) is 12.3. The normalized spacial score (nSPS) is 12.8. The number of aliphatic hydroxyl groups excluding tert-OH is 1. The van der Waals surface area contributed by atoms with E-state index >= 15 is 0 Å². The van der Waals surface area contributed by atoms with E-state index in [4.69, 9.17) is 5.11 Å². The molecule has 0 bridgehead atoms. The van der Waals surface area contributed by atoms with Crippen LogP contribution in [0.1, 0.15) is 41.0 Å². The second-order valence-electron chi connectivity index (χ2n) is 5.59. The molecular weight excluding hydrogens is 200 g/mol. The lowest BCUT2D eigenvalue weighted by Gasteiger charge is -2.35. The van der Waals surface area contributed by atoms with Crippen molar-refractivity contribution in [3.63, 3.8) is 0 Å². The number of nitrogens with zero attached hydrogens (tertiary/aromatic N) is 1. The Labute approximate surface area is 101 Å². The van der Waals surface area contributed by atoms with Gasteiger partial charge in [0.15, 0.2) is 0 Å². The van der Waals surface area contributed by atoms with E-state index in [0.29, 0.717) is 6.04 Å². The molecule has 0 radical (unpaired) electrons. The van der Waals surface area contributed by atoms with Crippen LogP contribution in [0, 0.1) is 5.41 Å². The van der Waals surface area contributed by atoms with Crippen molar-refractivity contribution in [3.8, 4) is 0 Å². The molecule has 0 amide bonds. The highest BCUT2D eigenvalue weighted by Crippen LogP contribution is 2.17. The van der Waals surface area contributed by atoms with Gasteiger partial charge in [0.2, 0.25) is 0 Å². The molecule has 16 heavy (non-hydrogen) atoms. The van der Waals surface area contributed by atoms with Crippen LogP contribution < -0.4 is 5.32 Å². The van der Waals surface area contributed by atoms with Crippen LogP contribution >= 0.6 is 0 Å². The Kier molecular flexibility index (Phi) is 7.98. The van der Waals surface area contributed by atoms with Crippen LogP contribution in [0.3, 0.4) is 0 Å². The molecule has 98 valence electrons. The van der Waals surface area contributed by atoms with Gasteiger partial charge in [0, 0.05) is 32.3 Å². The fraction of sp³-hybridized carbons (Fsp3) is 1.00. The molecule has 0 aromatic carbocycles. The van der Waals surface area contributed by atoms with E-state index in [2.05, 4.69) is 44.8 Å². The summed E-state index contributed by atoms with van der Waals surface area (Å²) >= 11 is 0. The van der Waals surface area contributed by atoms with Gasteiger partial charge in [-0.1, -0.05) is 20.8 Å². The van der Waals surface area contributed by atoms with E-state index in [-0.39, 0.29) is 12.0 Å². The molecule has 0 aliphatic carbocycles. The van der Waals surface area contributed by atoms with E-state index in [0.717, 1.165) is 32.6 Å². The summed E-state index contributed by atoms with van der Waals surface area (Å²) in [6.07, 6.45) is 0.871. The fourth-order valence-electron chi connectivity index (χ4n) is 1.86. The SMILES string of the molecule is CCNCC(C)(C)CN(CCCO)C(C)C. The van der Waals surface area contributed by atoms with Gasteiger partial charge in [0.05, 0.1) is 0 Å². The van der Waals surface area contributed by atoms with E-state index in [9.17, 15) is 0 Å². The van der Waals surface area contributed by atoms with Gasteiger partial charge in [0.25, 0.3) is 0 Å². The fourth-order valence-corrected chi connectivity index (χ4v) is 1.86. The average molecular weight is 230 g/mol. The van der Waals surface area contributed by atoms with Crippen molar-refractivity contribution in [1.29, 1.82) is 0 Å². The first-order valence-corrected chi connectivity index (χ1v) is 6.48. The van der Waals surface area contributed by atoms with Crippen LogP contribution in [0.2, 0.25) is 0 Å². The van der Waals surface area contributed by atoms with Gasteiger partial charge < -0.3 is 15.3 Å². The Morgan fingerprint density at radius 2 is 1.94 bits per heavy atom. The highest BCUT2D eigenvalue weighted by atomic mass is 16.3. The minimum absolute atomic E-state index is 0.287. The summed E-state index contributed by atoms with van der Waals surface area (Å²) in [6.45, 7) is 15.6. The standard InChI is InChI=1S/C13H30N2O/c1-6-14-10-13(4,5)11-15(12(2)3)8-7-9-16/h12,14,16H,6-11H2,1-5H3. The Hall–Kier alpha value is -0.120. The van der Waals surface area contributed by atoms with Gasteiger partial charge in [-0.05, 0) is 32.2 Å². The lowest BCUT2D eigenvalue weighted by molar-refractivity contribution is 0.131.